The first-order valence-electron chi connectivity index (χ1n) is 8.50. The van der Waals surface area contributed by atoms with Crippen LogP contribution in [0.5, 0.6) is 0 Å². The van der Waals surface area contributed by atoms with Crippen LogP contribution >= 0.6 is 39.9 Å². The number of hydrogen-bond donors (Lipinski definition) is 2. The summed E-state index contributed by atoms with van der Waals surface area (Å²) in [4.78, 5) is 18.3. The standard InChI is InChI=1S/C19H25BrN4O2.HI/c1-14-9-12-26-17(14)18(25)22-10-6-11-23-19(21-2)24(3)13-15-7-4-5-8-16(15)20;/h4-5,7-9,12H,6,10-11,13H2,1-3H3,(H,21,23)(H,22,25);1H. The maximum Gasteiger partial charge on any atom is 0.287 e. The Bertz CT molecular complexity index is 764. The van der Waals surface area contributed by atoms with Crippen molar-refractivity contribution in [3.8, 4) is 0 Å². The maximum atomic E-state index is 12.0. The van der Waals surface area contributed by atoms with Crippen LogP contribution in [0.2, 0.25) is 0 Å². The first-order valence-corrected chi connectivity index (χ1v) is 9.29. The van der Waals surface area contributed by atoms with E-state index in [1.54, 1.807) is 13.1 Å². The van der Waals surface area contributed by atoms with Crippen molar-refractivity contribution < 1.29 is 9.21 Å². The van der Waals surface area contributed by atoms with Crippen molar-refractivity contribution in [2.24, 2.45) is 4.99 Å². The zero-order chi connectivity index (χ0) is 18.9. The largest absolute Gasteiger partial charge is 0.459 e. The predicted molar refractivity (Wildman–Crippen MR) is 123 cm³/mol. The average molecular weight is 549 g/mol. The van der Waals surface area contributed by atoms with E-state index in [1.807, 2.05) is 32.2 Å². The number of halogens is 2. The number of benzene rings is 1. The van der Waals surface area contributed by atoms with Crippen LogP contribution in [0.15, 0.2) is 50.5 Å². The van der Waals surface area contributed by atoms with E-state index in [4.69, 9.17) is 4.42 Å². The first-order chi connectivity index (χ1) is 12.5. The van der Waals surface area contributed by atoms with Gasteiger partial charge in [0.05, 0.1) is 6.26 Å². The minimum absolute atomic E-state index is 0. The highest BCUT2D eigenvalue weighted by molar-refractivity contribution is 14.0. The lowest BCUT2D eigenvalue weighted by molar-refractivity contribution is 0.0925. The Morgan fingerprint density at radius 1 is 1.22 bits per heavy atom. The number of nitrogens with zero attached hydrogens (tertiary/aromatic N) is 2. The summed E-state index contributed by atoms with van der Waals surface area (Å²) in [5.74, 6) is 1.01. The molecule has 2 aromatic rings. The second-order valence-corrected chi connectivity index (χ2v) is 6.82. The second kappa shape index (κ2) is 12.0. The number of hydrogen-bond acceptors (Lipinski definition) is 3. The first kappa shape index (κ1) is 23.5. The van der Waals surface area contributed by atoms with Crippen molar-refractivity contribution in [1.29, 1.82) is 0 Å². The Morgan fingerprint density at radius 2 is 1.93 bits per heavy atom. The molecule has 0 atom stereocenters. The molecule has 0 saturated carbocycles. The fourth-order valence-electron chi connectivity index (χ4n) is 2.52. The van der Waals surface area contributed by atoms with E-state index in [-0.39, 0.29) is 29.9 Å². The van der Waals surface area contributed by atoms with Crippen LogP contribution in [0.1, 0.15) is 28.1 Å². The summed E-state index contributed by atoms with van der Waals surface area (Å²) in [6.45, 7) is 3.88. The number of nitrogens with one attached hydrogen (secondary N) is 2. The minimum Gasteiger partial charge on any atom is -0.459 e. The van der Waals surface area contributed by atoms with E-state index in [0.29, 0.717) is 18.8 Å². The van der Waals surface area contributed by atoms with Gasteiger partial charge in [-0.3, -0.25) is 9.79 Å². The molecule has 0 aliphatic carbocycles. The molecule has 0 aliphatic heterocycles. The van der Waals surface area contributed by atoms with Crippen LogP contribution in [0.4, 0.5) is 0 Å². The van der Waals surface area contributed by atoms with E-state index < -0.39 is 0 Å². The maximum absolute atomic E-state index is 12.0. The SMILES string of the molecule is CN=C(NCCCNC(=O)c1occc1C)N(C)Cc1ccccc1Br.I. The lowest BCUT2D eigenvalue weighted by atomic mass is 10.2. The molecule has 0 unspecified atom stereocenters. The van der Waals surface area contributed by atoms with Gasteiger partial charge in [-0.2, -0.15) is 0 Å². The summed E-state index contributed by atoms with van der Waals surface area (Å²) < 4.78 is 6.26. The molecule has 6 nitrogen and oxygen atoms in total. The number of aryl methyl sites for hydroxylation is 1. The number of guanidine groups is 1. The molecule has 148 valence electrons. The topological polar surface area (TPSA) is 69.9 Å². The van der Waals surface area contributed by atoms with Crippen molar-refractivity contribution >= 4 is 51.8 Å². The molecule has 0 bridgehead atoms. The van der Waals surface area contributed by atoms with Gasteiger partial charge in [0.1, 0.15) is 0 Å². The van der Waals surface area contributed by atoms with Gasteiger partial charge in [0.25, 0.3) is 5.91 Å². The van der Waals surface area contributed by atoms with Gasteiger partial charge in [0.15, 0.2) is 11.7 Å². The number of carbonyl (C=O) groups is 1. The number of rotatable bonds is 7. The van der Waals surface area contributed by atoms with E-state index in [2.05, 4.69) is 42.5 Å². The second-order valence-electron chi connectivity index (χ2n) is 5.96. The summed E-state index contributed by atoms with van der Waals surface area (Å²) in [5, 5.41) is 6.18. The van der Waals surface area contributed by atoms with E-state index in [9.17, 15) is 4.79 Å². The van der Waals surface area contributed by atoms with E-state index >= 15 is 0 Å². The van der Waals surface area contributed by atoms with E-state index in [1.165, 1.54) is 11.8 Å². The Labute approximate surface area is 185 Å². The van der Waals surface area contributed by atoms with Crippen molar-refractivity contribution in [3.63, 3.8) is 0 Å². The van der Waals surface area contributed by atoms with Crippen LogP contribution in [0.25, 0.3) is 0 Å². The highest BCUT2D eigenvalue weighted by Gasteiger charge is 2.12. The van der Waals surface area contributed by atoms with Crippen molar-refractivity contribution in [3.05, 3.63) is 58.0 Å². The summed E-state index contributed by atoms with van der Waals surface area (Å²) in [6.07, 6.45) is 2.31. The molecule has 0 aliphatic rings. The predicted octanol–water partition coefficient (Wildman–Crippen LogP) is 3.80. The normalized spacial score (nSPS) is 10.9. The molecule has 27 heavy (non-hydrogen) atoms. The molecule has 2 rings (SSSR count). The zero-order valence-corrected chi connectivity index (χ0v) is 19.7. The number of aliphatic imine (C=N–C) groups is 1. The van der Waals surface area contributed by atoms with Gasteiger partial charge < -0.3 is 20.0 Å². The van der Waals surface area contributed by atoms with Crippen LogP contribution in [0.3, 0.4) is 0 Å². The summed E-state index contributed by atoms with van der Waals surface area (Å²) in [5.41, 5.74) is 2.04. The van der Waals surface area contributed by atoms with Crippen molar-refractivity contribution in [2.45, 2.75) is 19.9 Å². The monoisotopic (exact) mass is 548 g/mol. The van der Waals surface area contributed by atoms with Gasteiger partial charge in [0, 0.05) is 43.8 Å². The summed E-state index contributed by atoms with van der Waals surface area (Å²) in [7, 11) is 3.76. The quantitative estimate of drug-likeness (QED) is 0.239. The summed E-state index contributed by atoms with van der Waals surface area (Å²) >= 11 is 3.57. The van der Waals surface area contributed by atoms with Crippen molar-refractivity contribution in [1.82, 2.24) is 15.5 Å². The third-order valence-corrected chi connectivity index (χ3v) is 4.70. The van der Waals surface area contributed by atoms with Gasteiger partial charge in [-0.05, 0) is 31.0 Å². The van der Waals surface area contributed by atoms with Gasteiger partial charge in [0.2, 0.25) is 0 Å². The molecule has 0 spiro atoms. The Hall–Kier alpha value is -1.55. The molecular formula is C19H26BrIN4O2. The lowest BCUT2D eigenvalue weighted by Crippen LogP contribution is -2.39. The number of furan rings is 1. The highest BCUT2D eigenvalue weighted by Crippen LogP contribution is 2.17. The van der Waals surface area contributed by atoms with Gasteiger partial charge in [-0.25, -0.2) is 0 Å². The molecule has 0 radical (unpaired) electrons. The Morgan fingerprint density at radius 3 is 2.56 bits per heavy atom. The molecule has 1 amide bonds. The number of amides is 1. The Kier molecular flexibility index (Phi) is 10.5. The average Bonchev–Trinajstić information content (AvgIpc) is 3.06. The third kappa shape index (κ3) is 7.17. The van der Waals surface area contributed by atoms with Crippen LogP contribution < -0.4 is 10.6 Å². The van der Waals surface area contributed by atoms with Gasteiger partial charge >= 0.3 is 0 Å². The minimum atomic E-state index is -0.178. The zero-order valence-electron chi connectivity index (χ0n) is 15.8. The Balaban J connectivity index is 0.00000364. The molecular weight excluding hydrogens is 523 g/mol. The number of carbonyl (C=O) groups excluding carboxylic acids is 1. The fraction of sp³-hybridized carbons (Fsp3) is 0.368. The lowest BCUT2D eigenvalue weighted by Gasteiger charge is -2.22. The molecule has 1 heterocycles. The fourth-order valence-corrected chi connectivity index (χ4v) is 2.93. The molecule has 8 heteroatoms. The van der Waals surface area contributed by atoms with Gasteiger partial charge in [-0.15, -0.1) is 24.0 Å². The van der Waals surface area contributed by atoms with Crippen LogP contribution in [0, 0.1) is 6.92 Å². The van der Waals surface area contributed by atoms with Gasteiger partial charge in [-0.1, -0.05) is 34.1 Å². The van der Waals surface area contributed by atoms with Crippen LogP contribution in [-0.4, -0.2) is 44.0 Å². The third-order valence-electron chi connectivity index (χ3n) is 3.93. The molecule has 1 aromatic heterocycles. The highest BCUT2D eigenvalue weighted by atomic mass is 127. The van der Waals surface area contributed by atoms with Crippen molar-refractivity contribution in [2.75, 3.05) is 27.2 Å². The molecule has 2 N–H and O–H groups in total. The molecule has 0 fully saturated rings. The summed E-state index contributed by atoms with van der Waals surface area (Å²) in [6, 6.07) is 9.91. The molecule has 0 saturated heterocycles. The smallest absolute Gasteiger partial charge is 0.287 e. The molecule has 1 aromatic carbocycles. The van der Waals surface area contributed by atoms with Crippen LogP contribution in [-0.2, 0) is 6.54 Å². The van der Waals surface area contributed by atoms with E-state index in [0.717, 1.165) is 29.0 Å².